The van der Waals surface area contributed by atoms with E-state index in [1.54, 1.807) is 0 Å². The summed E-state index contributed by atoms with van der Waals surface area (Å²) in [6, 6.07) is 7.58. The number of aliphatic imine (C=N–C) groups is 1. The van der Waals surface area contributed by atoms with Crippen LogP contribution in [0.3, 0.4) is 0 Å². The molecule has 0 radical (unpaired) electrons. The van der Waals surface area contributed by atoms with Gasteiger partial charge < -0.3 is 4.74 Å². The second-order valence-corrected chi connectivity index (χ2v) is 4.03. The fourth-order valence-corrected chi connectivity index (χ4v) is 1.49. The lowest BCUT2D eigenvalue weighted by molar-refractivity contribution is -0.120. The van der Waals surface area contributed by atoms with Crippen LogP contribution >= 0.6 is 0 Å². The lowest BCUT2D eigenvalue weighted by atomic mass is 10.2. The lowest BCUT2D eigenvalue weighted by Gasteiger charge is -2.16. The number of hydrogen-bond donors (Lipinski definition) is 2. The van der Waals surface area contributed by atoms with Crippen molar-refractivity contribution in [3.8, 4) is 5.75 Å². The number of rotatable bonds is 3. The molecule has 2 rings (SSSR count). The SMILES string of the molecule is CC(C)Oc1ccc(C2=NCC(=O)NN2)cc1. The maximum Gasteiger partial charge on any atom is 0.260 e. The number of hydrazine groups is 1. The first-order valence-corrected chi connectivity index (χ1v) is 5.51. The number of hydrogen-bond acceptors (Lipinski definition) is 4. The van der Waals surface area contributed by atoms with Crippen LogP contribution < -0.4 is 15.6 Å². The maximum atomic E-state index is 10.9. The third-order valence-electron chi connectivity index (χ3n) is 2.20. The van der Waals surface area contributed by atoms with Crippen LogP contribution in [0.15, 0.2) is 29.3 Å². The summed E-state index contributed by atoms with van der Waals surface area (Å²) >= 11 is 0. The fraction of sp³-hybridized carbons (Fsp3) is 0.333. The number of amides is 1. The molecule has 5 nitrogen and oxygen atoms in total. The molecule has 0 aromatic heterocycles. The molecule has 17 heavy (non-hydrogen) atoms. The molecule has 2 N–H and O–H groups in total. The predicted octanol–water partition coefficient (Wildman–Crippen LogP) is 0.855. The molecule has 1 aliphatic heterocycles. The van der Waals surface area contributed by atoms with E-state index < -0.39 is 0 Å². The van der Waals surface area contributed by atoms with Crippen LogP contribution in [0.25, 0.3) is 0 Å². The van der Waals surface area contributed by atoms with Gasteiger partial charge in [-0.2, -0.15) is 0 Å². The molecule has 1 aliphatic rings. The van der Waals surface area contributed by atoms with Gasteiger partial charge in [-0.05, 0) is 38.1 Å². The molecular weight excluding hydrogens is 218 g/mol. The van der Waals surface area contributed by atoms with Gasteiger partial charge in [-0.1, -0.05) is 0 Å². The average Bonchev–Trinajstić information content (AvgIpc) is 2.30. The second-order valence-electron chi connectivity index (χ2n) is 4.03. The standard InChI is InChI=1S/C12H15N3O2/c1-8(2)17-10-5-3-9(4-6-10)12-13-7-11(16)14-15-12/h3-6,8H,7H2,1-2H3,(H,13,15)(H,14,16). The van der Waals surface area contributed by atoms with E-state index in [-0.39, 0.29) is 18.6 Å². The van der Waals surface area contributed by atoms with Crippen molar-refractivity contribution in [2.75, 3.05) is 6.54 Å². The molecule has 1 heterocycles. The molecule has 1 amide bonds. The van der Waals surface area contributed by atoms with E-state index in [1.165, 1.54) is 0 Å². The molecule has 0 bridgehead atoms. The topological polar surface area (TPSA) is 62.7 Å². The van der Waals surface area contributed by atoms with Crippen LogP contribution in [-0.2, 0) is 4.79 Å². The van der Waals surface area contributed by atoms with E-state index in [1.807, 2.05) is 38.1 Å². The van der Waals surface area contributed by atoms with E-state index in [0.717, 1.165) is 11.3 Å². The summed E-state index contributed by atoms with van der Waals surface area (Å²) in [5, 5.41) is 0. The first-order valence-electron chi connectivity index (χ1n) is 5.51. The van der Waals surface area contributed by atoms with Gasteiger partial charge in [0, 0.05) is 5.56 Å². The fourth-order valence-electron chi connectivity index (χ4n) is 1.49. The van der Waals surface area contributed by atoms with Gasteiger partial charge in [-0.15, -0.1) is 0 Å². The third-order valence-corrected chi connectivity index (χ3v) is 2.20. The number of nitrogens with zero attached hydrogens (tertiary/aromatic N) is 1. The van der Waals surface area contributed by atoms with Gasteiger partial charge >= 0.3 is 0 Å². The van der Waals surface area contributed by atoms with Gasteiger partial charge in [0.05, 0.1) is 6.10 Å². The van der Waals surface area contributed by atoms with Crippen molar-refractivity contribution in [1.29, 1.82) is 0 Å². The average molecular weight is 233 g/mol. The molecule has 0 saturated heterocycles. The van der Waals surface area contributed by atoms with E-state index in [0.29, 0.717) is 5.84 Å². The molecule has 0 fully saturated rings. The Morgan fingerprint density at radius 2 is 1.94 bits per heavy atom. The van der Waals surface area contributed by atoms with Gasteiger partial charge in [0.15, 0.2) is 0 Å². The molecule has 0 unspecified atom stereocenters. The smallest absolute Gasteiger partial charge is 0.260 e. The minimum absolute atomic E-state index is 0.131. The van der Waals surface area contributed by atoms with E-state index >= 15 is 0 Å². The van der Waals surface area contributed by atoms with Gasteiger partial charge in [0.2, 0.25) is 0 Å². The number of amidine groups is 1. The van der Waals surface area contributed by atoms with Crippen molar-refractivity contribution < 1.29 is 9.53 Å². The molecule has 1 aromatic rings. The third kappa shape index (κ3) is 2.96. The highest BCUT2D eigenvalue weighted by Gasteiger charge is 2.11. The van der Waals surface area contributed by atoms with Gasteiger partial charge in [-0.3, -0.25) is 20.6 Å². The van der Waals surface area contributed by atoms with Crippen LogP contribution in [0.5, 0.6) is 5.75 Å². The second kappa shape index (κ2) is 4.86. The van der Waals surface area contributed by atoms with Crippen molar-refractivity contribution in [3.05, 3.63) is 29.8 Å². The Labute approximate surface area is 99.9 Å². The van der Waals surface area contributed by atoms with E-state index in [9.17, 15) is 4.79 Å². The summed E-state index contributed by atoms with van der Waals surface area (Å²) in [6.45, 7) is 4.12. The van der Waals surface area contributed by atoms with Gasteiger partial charge in [0.25, 0.3) is 5.91 Å². The number of benzene rings is 1. The molecular formula is C12H15N3O2. The van der Waals surface area contributed by atoms with Gasteiger partial charge in [0.1, 0.15) is 18.1 Å². The first kappa shape index (κ1) is 11.4. The number of ether oxygens (including phenoxy) is 1. The lowest BCUT2D eigenvalue weighted by Crippen LogP contribution is -2.47. The normalized spacial score (nSPS) is 15.0. The first-order chi connectivity index (χ1) is 8.15. The minimum atomic E-state index is -0.131. The Balaban J connectivity index is 2.10. The quantitative estimate of drug-likeness (QED) is 0.813. The summed E-state index contributed by atoms with van der Waals surface area (Å²) in [4.78, 5) is 15.0. The monoisotopic (exact) mass is 233 g/mol. The molecule has 0 spiro atoms. The van der Waals surface area contributed by atoms with Crippen LogP contribution in [0.4, 0.5) is 0 Å². The molecule has 0 aliphatic carbocycles. The summed E-state index contributed by atoms with van der Waals surface area (Å²) in [5.74, 6) is 1.36. The highest BCUT2D eigenvalue weighted by Crippen LogP contribution is 2.14. The maximum absolute atomic E-state index is 10.9. The van der Waals surface area contributed by atoms with Gasteiger partial charge in [-0.25, -0.2) is 0 Å². The molecule has 0 saturated carbocycles. The largest absolute Gasteiger partial charge is 0.491 e. The Bertz CT molecular complexity index is 438. The minimum Gasteiger partial charge on any atom is -0.491 e. The predicted molar refractivity (Wildman–Crippen MR) is 64.9 cm³/mol. The highest BCUT2D eigenvalue weighted by molar-refractivity contribution is 6.02. The zero-order chi connectivity index (χ0) is 12.3. The van der Waals surface area contributed by atoms with Crippen LogP contribution in [0.1, 0.15) is 19.4 Å². The Morgan fingerprint density at radius 3 is 2.47 bits per heavy atom. The summed E-state index contributed by atoms with van der Waals surface area (Å²) in [5.41, 5.74) is 6.20. The van der Waals surface area contributed by atoms with Crippen molar-refractivity contribution in [2.45, 2.75) is 20.0 Å². The molecule has 0 atom stereocenters. The summed E-state index contributed by atoms with van der Waals surface area (Å²) in [7, 11) is 0. The van der Waals surface area contributed by atoms with Crippen molar-refractivity contribution >= 4 is 11.7 Å². The Kier molecular flexibility index (Phi) is 3.27. The van der Waals surface area contributed by atoms with Crippen LogP contribution in [-0.4, -0.2) is 24.4 Å². The summed E-state index contributed by atoms with van der Waals surface area (Å²) in [6.07, 6.45) is 0.158. The van der Waals surface area contributed by atoms with Crippen LogP contribution in [0, 0.1) is 0 Å². The Morgan fingerprint density at radius 1 is 1.24 bits per heavy atom. The van der Waals surface area contributed by atoms with Crippen molar-refractivity contribution in [1.82, 2.24) is 10.9 Å². The van der Waals surface area contributed by atoms with Crippen molar-refractivity contribution in [2.24, 2.45) is 4.99 Å². The van der Waals surface area contributed by atoms with Crippen molar-refractivity contribution in [3.63, 3.8) is 0 Å². The molecule has 5 heteroatoms. The summed E-state index contributed by atoms with van der Waals surface area (Å²) < 4.78 is 5.54. The zero-order valence-corrected chi connectivity index (χ0v) is 9.86. The van der Waals surface area contributed by atoms with E-state index in [4.69, 9.17) is 4.74 Å². The van der Waals surface area contributed by atoms with E-state index in [2.05, 4.69) is 15.8 Å². The molecule has 1 aromatic carbocycles. The Hall–Kier alpha value is -2.04. The van der Waals surface area contributed by atoms with Crippen LogP contribution in [0.2, 0.25) is 0 Å². The zero-order valence-electron chi connectivity index (χ0n) is 9.86. The number of nitrogens with one attached hydrogen (secondary N) is 2. The highest BCUT2D eigenvalue weighted by atomic mass is 16.5. The molecule has 90 valence electrons. The number of carbonyl (C=O) groups excluding carboxylic acids is 1. The number of carbonyl (C=O) groups is 1.